The van der Waals surface area contributed by atoms with Crippen molar-refractivity contribution in [2.75, 3.05) is 6.61 Å². The van der Waals surface area contributed by atoms with E-state index in [1.807, 2.05) is 30.3 Å². The first-order valence-electron chi connectivity index (χ1n) is 12.5. The van der Waals surface area contributed by atoms with Crippen LogP contribution in [0.2, 0.25) is 0 Å². The second-order valence-electron chi connectivity index (χ2n) is 10.2. The molecule has 1 saturated heterocycles. The van der Waals surface area contributed by atoms with E-state index >= 15 is 0 Å². The minimum Gasteiger partial charge on any atom is -0.492 e. The van der Waals surface area contributed by atoms with Gasteiger partial charge in [0, 0.05) is 17.7 Å². The molecule has 3 aromatic carbocycles. The molecule has 0 aromatic heterocycles. The largest absolute Gasteiger partial charge is 0.586 e. The lowest BCUT2D eigenvalue weighted by atomic mass is 9.82. The molecule has 3 aromatic rings. The third-order valence-electron chi connectivity index (χ3n) is 7.48. The van der Waals surface area contributed by atoms with E-state index < -0.39 is 23.8 Å². The highest BCUT2D eigenvalue weighted by atomic mass is 19.3. The third-order valence-corrected chi connectivity index (χ3v) is 7.48. The molecule has 0 spiro atoms. The summed E-state index contributed by atoms with van der Waals surface area (Å²) in [6, 6.07) is 18.6. The SMILES string of the molecule is C[C@]1(C(=O)N[C@H]2C[C@@H](c3ccc(C(=O)O)cc3)O[C@@H](c3ccccc3)C2)COc2cc3c(cc21)OC(F)(F)O3. The Balaban J connectivity index is 1.25. The zero-order valence-corrected chi connectivity index (χ0v) is 20.9. The summed E-state index contributed by atoms with van der Waals surface area (Å²) in [5.74, 6) is -1.33. The fourth-order valence-corrected chi connectivity index (χ4v) is 5.34. The topological polar surface area (TPSA) is 103 Å². The van der Waals surface area contributed by atoms with Crippen LogP contribution in [-0.4, -0.2) is 35.9 Å². The summed E-state index contributed by atoms with van der Waals surface area (Å²) in [6.07, 6.45) is -3.52. The molecule has 6 rings (SSSR count). The first kappa shape index (κ1) is 25.1. The maximum Gasteiger partial charge on any atom is 0.586 e. The van der Waals surface area contributed by atoms with Gasteiger partial charge in [0.05, 0.1) is 17.8 Å². The molecular formula is C29H25F2NO7. The van der Waals surface area contributed by atoms with E-state index in [0.29, 0.717) is 24.2 Å². The molecule has 3 aliphatic rings. The molecule has 2 N–H and O–H groups in total. The van der Waals surface area contributed by atoms with E-state index in [1.54, 1.807) is 19.1 Å². The molecule has 0 aliphatic carbocycles. The van der Waals surface area contributed by atoms with Crippen LogP contribution in [0.1, 0.15) is 59.0 Å². The Morgan fingerprint density at radius 3 is 2.15 bits per heavy atom. The number of carbonyl (C=O) groups is 2. The molecule has 1 fully saturated rings. The molecule has 1 amide bonds. The zero-order chi connectivity index (χ0) is 27.4. The van der Waals surface area contributed by atoms with Crippen molar-refractivity contribution in [3.05, 3.63) is 89.0 Å². The molecule has 3 heterocycles. The van der Waals surface area contributed by atoms with Crippen molar-refractivity contribution in [1.82, 2.24) is 5.32 Å². The van der Waals surface area contributed by atoms with Gasteiger partial charge in [-0.25, -0.2) is 4.79 Å². The minimum atomic E-state index is -3.78. The Hall–Kier alpha value is -4.18. The summed E-state index contributed by atoms with van der Waals surface area (Å²) in [7, 11) is 0. The van der Waals surface area contributed by atoms with Crippen LogP contribution >= 0.6 is 0 Å². The smallest absolute Gasteiger partial charge is 0.492 e. The normalized spacial score (nSPS) is 26.4. The van der Waals surface area contributed by atoms with Gasteiger partial charge in [-0.2, -0.15) is 0 Å². The van der Waals surface area contributed by atoms with E-state index in [9.17, 15) is 23.5 Å². The van der Waals surface area contributed by atoms with Gasteiger partial charge in [-0.15, -0.1) is 8.78 Å². The van der Waals surface area contributed by atoms with E-state index in [0.717, 1.165) is 11.1 Å². The predicted molar refractivity (Wildman–Crippen MR) is 133 cm³/mol. The summed E-state index contributed by atoms with van der Waals surface area (Å²) in [4.78, 5) is 25.0. The fraction of sp³-hybridized carbons (Fsp3) is 0.310. The number of alkyl halides is 2. The van der Waals surface area contributed by atoms with E-state index in [1.165, 1.54) is 24.3 Å². The molecule has 10 heteroatoms. The van der Waals surface area contributed by atoms with Gasteiger partial charge >= 0.3 is 12.3 Å². The number of benzene rings is 3. The Labute approximate surface area is 222 Å². The van der Waals surface area contributed by atoms with Crippen molar-refractivity contribution in [2.45, 2.75) is 49.7 Å². The number of hydrogen-bond donors (Lipinski definition) is 2. The number of carbonyl (C=O) groups excluding carboxylic acids is 1. The highest BCUT2D eigenvalue weighted by molar-refractivity contribution is 5.90. The molecule has 39 heavy (non-hydrogen) atoms. The summed E-state index contributed by atoms with van der Waals surface area (Å²) < 4.78 is 48.4. The van der Waals surface area contributed by atoms with Crippen molar-refractivity contribution in [3.8, 4) is 17.2 Å². The Kier molecular flexibility index (Phi) is 5.95. The van der Waals surface area contributed by atoms with E-state index in [4.69, 9.17) is 9.47 Å². The quantitative estimate of drug-likeness (QED) is 0.465. The first-order chi connectivity index (χ1) is 18.6. The lowest BCUT2D eigenvalue weighted by Gasteiger charge is -2.37. The lowest BCUT2D eigenvalue weighted by Crippen LogP contribution is -2.49. The average Bonchev–Trinajstić information content (AvgIpc) is 3.42. The van der Waals surface area contributed by atoms with Crippen LogP contribution in [0.4, 0.5) is 8.78 Å². The van der Waals surface area contributed by atoms with E-state index in [-0.39, 0.29) is 41.7 Å². The number of ether oxygens (including phenoxy) is 4. The average molecular weight is 538 g/mol. The molecule has 4 atom stereocenters. The van der Waals surface area contributed by atoms with Crippen LogP contribution < -0.4 is 19.5 Å². The Morgan fingerprint density at radius 1 is 0.897 bits per heavy atom. The van der Waals surface area contributed by atoms with Gasteiger partial charge in [0.1, 0.15) is 17.8 Å². The van der Waals surface area contributed by atoms with Gasteiger partial charge < -0.3 is 29.4 Å². The van der Waals surface area contributed by atoms with Gasteiger partial charge in [0.25, 0.3) is 0 Å². The molecule has 3 aliphatic heterocycles. The summed E-state index contributed by atoms with van der Waals surface area (Å²) in [6.45, 7) is 1.73. The number of rotatable bonds is 5. The van der Waals surface area contributed by atoms with Crippen molar-refractivity contribution in [1.29, 1.82) is 0 Å². The number of carboxylic acid groups (broad SMARTS) is 1. The van der Waals surface area contributed by atoms with Crippen molar-refractivity contribution >= 4 is 11.9 Å². The molecule has 0 saturated carbocycles. The third kappa shape index (κ3) is 4.65. The van der Waals surface area contributed by atoms with Crippen molar-refractivity contribution in [2.24, 2.45) is 0 Å². The standard InChI is InChI=1S/C29H25F2NO7/c1-28(15-36-23-14-25-24(13-20(23)28)38-29(30,31)39-25)27(35)32-19-11-21(16-5-3-2-4-6-16)37-22(12-19)17-7-9-18(10-8-17)26(33)34/h2-10,13-14,19,21-22H,11-12,15H2,1H3,(H,32,35)(H,33,34)/t19-,21-,22+,28+/m1/s1. The van der Waals surface area contributed by atoms with Crippen LogP contribution in [-0.2, 0) is 14.9 Å². The number of aromatic carboxylic acids is 1. The molecule has 202 valence electrons. The van der Waals surface area contributed by atoms with Gasteiger partial charge in [0.15, 0.2) is 11.5 Å². The summed E-state index contributed by atoms with van der Waals surface area (Å²) in [5, 5.41) is 12.4. The molecule has 0 unspecified atom stereocenters. The van der Waals surface area contributed by atoms with E-state index in [2.05, 4.69) is 14.8 Å². The Bertz CT molecular complexity index is 1430. The second-order valence-corrected chi connectivity index (χ2v) is 10.2. The van der Waals surface area contributed by atoms with Crippen molar-refractivity contribution < 1.29 is 42.4 Å². The van der Waals surface area contributed by atoms with Gasteiger partial charge in [-0.05, 0) is 49.1 Å². The number of carboxylic acids is 1. The summed E-state index contributed by atoms with van der Waals surface area (Å²) in [5.41, 5.74) is 1.22. The second kappa shape index (κ2) is 9.23. The molecule has 0 bridgehead atoms. The molecular weight excluding hydrogens is 512 g/mol. The monoisotopic (exact) mass is 537 g/mol. The maximum atomic E-state index is 13.7. The number of fused-ring (bicyclic) bond motifs is 2. The predicted octanol–water partition coefficient (Wildman–Crippen LogP) is 5.13. The number of hydrogen-bond acceptors (Lipinski definition) is 6. The van der Waals surface area contributed by atoms with Gasteiger partial charge in [-0.1, -0.05) is 42.5 Å². The highest BCUT2D eigenvalue weighted by Crippen LogP contribution is 2.50. The summed E-state index contributed by atoms with van der Waals surface area (Å²) >= 11 is 0. The number of nitrogens with one attached hydrogen (secondary N) is 1. The zero-order valence-electron chi connectivity index (χ0n) is 20.9. The number of amides is 1. The Morgan fingerprint density at radius 2 is 1.51 bits per heavy atom. The minimum absolute atomic E-state index is 0.0267. The van der Waals surface area contributed by atoms with Crippen LogP contribution in [0.3, 0.4) is 0 Å². The van der Waals surface area contributed by atoms with Crippen LogP contribution in [0.5, 0.6) is 17.2 Å². The van der Waals surface area contributed by atoms with Crippen LogP contribution in [0.25, 0.3) is 0 Å². The molecule has 0 radical (unpaired) electrons. The fourth-order valence-electron chi connectivity index (χ4n) is 5.34. The van der Waals surface area contributed by atoms with Gasteiger partial charge in [0.2, 0.25) is 5.91 Å². The van der Waals surface area contributed by atoms with Gasteiger partial charge in [-0.3, -0.25) is 4.79 Å². The highest BCUT2D eigenvalue weighted by Gasteiger charge is 2.49. The molecule has 8 nitrogen and oxygen atoms in total. The van der Waals surface area contributed by atoms with Crippen LogP contribution in [0, 0.1) is 0 Å². The maximum absolute atomic E-state index is 13.7. The lowest BCUT2D eigenvalue weighted by molar-refractivity contribution is -0.286. The first-order valence-corrected chi connectivity index (χ1v) is 12.5. The van der Waals surface area contributed by atoms with Crippen molar-refractivity contribution in [3.63, 3.8) is 0 Å². The number of halogens is 2. The van der Waals surface area contributed by atoms with Crippen LogP contribution in [0.15, 0.2) is 66.7 Å².